The van der Waals surface area contributed by atoms with Crippen LogP contribution < -0.4 is 0 Å². The normalized spacial score (nSPS) is 51.9. The second-order valence-electron chi connectivity index (χ2n) is 11.3. The molecule has 4 aliphatic carbocycles. The largest absolute Gasteiger partial charge is 0.0625 e. The summed E-state index contributed by atoms with van der Waals surface area (Å²) in [5.41, 5.74) is 1.32. The molecule has 0 saturated heterocycles. The van der Waals surface area contributed by atoms with Crippen LogP contribution >= 0.6 is 0 Å². The number of hydrogen-bond acceptors (Lipinski definition) is 0. The molecule has 6 unspecified atom stereocenters. The summed E-state index contributed by atoms with van der Waals surface area (Å²) in [5.74, 6) is 7.36. The Morgan fingerprint density at radius 2 is 1.48 bits per heavy atom. The molecule has 0 N–H and O–H groups in total. The van der Waals surface area contributed by atoms with Gasteiger partial charge in [0.05, 0.1) is 0 Å². The highest BCUT2D eigenvalue weighted by Gasteiger charge is 2.57. The van der Waals surface area contributed by atoms with Gasteiger partial charge in [-0.1, -0.05) is 34.6 Å². The van der Waals surface area contributed by atoms with Crippen LogP contribution in [-0.2, 0) is 0 Å². The van der Waals surface area contributed by atoms with Gasteiger partial charge in [-0.2, -0.15) is 0 Å². The van der Waals surface area contributed by atoms with E-state index in [1.54, 1.807) is 38.5 Å². The van der Waals surface area contributed by atoms with Crippen molar-refractivity contribution in [1.29, 1.82) is 0 Å². The van der Waals surface area contributed by atoms with Crippen LogP contribution in [0.2, 0.25) is 0 Å². The lowest BCUT2D eigenvalue weighted by atomic mass is 9.48. The van der Waals surface area contributed by atoms with E-state index in [9.17, 15) is 0 Å². The van der Waals surface area contributed by atoms with Gasteiger partial charge in [0.1, 0.15) is 0 Å². The molecule has 132 valence electrons. The molecule has 4 rings (SSSR count). The van der Waals surface area contributed by atoms with E-state index in [-0.39, 0.29) is 0 Å². The maximum absolute atomic E-state index is 2.70. The van der Waals surface area contributed by atoms with Crippen LogP contribution in [0.15, 0.2) is 0 Å². The van der Waals surface area contributed by atoms with E-state index in [4.69, 9.17) is 0 Å². The molecule has 0 spiro atoms. The van der Waals surface area contributed by atoms with Crippen LogP contribution in [0.1, 0.15) is 92.4 Å². The van der Waals surface area contributed by atoms with Crippen LogP contribution in [0.4, 0.5) is 0 Å². The quantitative estimate of drug-likeness (QED) is 0.491. The fourth-order valence-corrected chi connectivity index (χ4v) is 8.44. The molecule has 4 saturated carbocycles. The molecule has 0 nitrogen and oxygen atoms in total. The molecule has 23 heavy (non-hydrogen) atoms. The Morgan fingerprint density at radius 3 is 2.22 bits per heavy atom. The van der Waals surface area contributed by atoms with Crippen LogP contribution in [0, 0.1) is 52.3 Å². The first-order valence-electron chi connectivity index (χ1n) is 10.8. The van der Waals surface area contributed by atoms with Gasteiger partial charge in [-0.25, -0.2) is 0 Å². The lowest BCUT2D eigenvalue weighted by Crippen LogP contribution is -2.49. The third-order valence-electron chi connectivity index (χ3n) is 9.37. The molecular formula is C23H40. The standard InChI is InChI=1S/C23H40/c1-15(2)20-8-9-21-19-7-6-16-14-22(3,4)12-10-17(16)18(19)11-13-23(20,21)5/h15-21H,6-14H2,1-5H3/t16?,17?,18?,19?,20?,21-,23?/m0/s1. The number of rotatable bonds is 1. The Balaban J connectivity index is 1.54. The van der Waals surface area contributed by atoms with Gasteiger partial charge in [0.2, 0.25) is 0 Å². The molecule has 0 bridgehead atoms. The average Bonchev–Trinajstić information content (AvgIpc) is 2.83. The SMILES string of the molecule is CC(C)C1CC[C@H]2C3CCC4CC(C)(C)CCC4C3CCC12C. The Labute approximate surface area is 145 Å². The first-order chi connectivity index (χ1) is 10.8. The van der Waals surface area contributed by atoms with Crippen LogP contribution in [-0.4, -0.2) is 0 Å². The van der Waals surface area contributed by atoms with E-state index in [2.05, 4.69) is 34.6 Å². The van der Waals surface area contributed by atoms with Gasteiger partial charge < -0.3 is 0 Å². The van der Waals surface area contributed by atoms with Crippen molar-refractivity contribution in [3.63, 3.8) is 0 Å². The molecule has 0 radical (unpaired) electrons. The minimum atomic E-state index is 0.632. The molecule has 0 aromatic heterocycles. The molecular weight excluding hydrogens is 276 g/mol. The van der Waals surface area contributed by atoms with E-state index in [0.717, 1.165) is 41.4 Å². The van der Waals surface area contributed by atoms with Crippen molar-refractivity contribution in [3.8, 4) is 0 Å². The Kier molecular flexibility index (Phi) is 3.94. The van der Waals surface area contributed by atoms with E-state index in [1.807, 2.05) is 0 Å². The molecule has 7 atom stereocenters. The fraction of sp³-hybridized carbons (Fsp3) is 1.00. The van der Waals surface area contributed by atoms with Gasteiger partial charge in [-0.15, -0.1) is 0 Å². The van der Waals surface area contributed by atoms with Crippen molar-refractivity contribution >= 4 is 0 Å². The summed E-state index contributed by atoms with van der Waals surface area (Å²) in [7, 11) is 0. The number of fused-ring (bicyclic) bond motifs is 5. The Morgan fingerprint density at radius 1 is 0.739 bits per heavy atom. The summed E-state index contributed by atoms with van der Waals surface area (Å²) in [6.45, 7) is 12.7. The van der Waals surface area contributed by atoms with E-state index in [0.29, 0.717) is 10.8 Å². The molecule has 0 aliphatic heterocycles. The maximum Gasteiger partial charge on any atom is -0.0264 e. The molecule has 4 fully saturated rings. The van der Waals surface area contributed by atoms with Crippen LogP contribution in [0.25, 0.3) is 0 Å². The van der Waals surface area contributed by atoms with E-state index < -0.39 is 0 Å². The predicted molar refractivity (Wildman–Crippen MR) is 99.2 cm³/mol. The lowest BCUT2D eigenvalue weighted by Gasteiger charge is -2.57. The zero-order chi connectivity index (χ0) is 16.4. The highest BCUT2D eigenvalue weighted by Crippen LogP contribution is 2.65. The fourth-order valence-electron chi connectivity index (χ4n) is 8.44. The second-order valence-corrected chi connectivity index (χ2v) is 11.3. The summed E-state index contributed by atoms with van der Waals surface area (Å²) in [6.07, 6.45) is 13.9. The molecule has 0 heteroatoms. The first-order valence-corrected chi connectivity index (χ1v) is 10.8. The van der Waals surface area contributed by atoms with Crippen LogP contribution in [0.3, 0.4) is 0 Å². The van der Waals surface area contributed by atoms with Gasteiger partial charge in [0.15, 0.2) is 0 Å². The maximum atomic E-state index is 2.70. The van der Waals surface area contributed by atoms with Crippen molar-refractivity contribution < 1.29 is 0 Å². The third kappa shape index (κ3) is 2.53. The van der Waals surface area contributed by atoms with Crippen molar-refractivity contribution in [1.82, 2.24) is 0 Å². The molecule has 0 amide bonds. The van der Waals surface area contributed by atoms with E-state index >= 15 is 0 Å². The van der Waals surface area contributed by atoms with Crippen molar-refractivity contribution in [2.45, 2.75) is 92.4 Å². The topological polar surface area (TPSA) is 0 Å². The summed E-state index contributed by atoms with van der Waals surface area (Å²) >= 11 is 0. The Hall–Kier alpha value is 0. The summed E-state index contributed by atoms with van der Waals surface area (Å²) in [4.78, 5) is 0. The predicted octanol–water partition coefficient (Wildman–Crippen LogP) is 6.94. The molecule has 4 aliphatic rings. The van der Waals surface area contributed by atoms with Gasteiger partial charge in [-0.05, 0) is 110 Å². The summed E-state index contributed by atoms with van der Waals surface area (Å²) in [6, 6.07) is 0. The van der Waals surface area contributed by atoms with Gasteiger partial charge >= 0.3 is 0 Å². The highest BCUT2D eigenvalue weighted by atomic mass is 14.6. The highest BCUT2D eigenvalue weighted by molar-refractivity contribution is 5.06. The summed E-state index contributed by atoms with van der Waals surface area (Å²) < 4.78 is 0. The number of hydrogen-bond donors (Lipinski definition) is 0. The van der Waals surface area contributed by atoms with Gasteiger partial charge in [-0.3, -0.25) is 0 Å². The summed E-state index contributed by atoms with van der Waals surface area (Å²) in [5, 5.41) is 0. The van der Waals surface area contributed by atoms with Gasteiger partial charge in [0.25, 0.3) is 0 Å². The first kappa shape index (κ1) is 16.5. The Bertz CT molecular complexity index is 447. The zero-order valence-corrected chi connectivity index (χ0v) is 16.4. The minimum Gasteiger partial charge on any atom is -0.0625 e. The van der Waals surface area contributed by atoms with E-state index in [1.165, 1.54) is 19.3 Å². The van der Waals surface area contributed by atoms with Crippen LogP contribution in [0.5, 0.6) is 0 Å². The molecule has 0 aromatic rings. The molecule has 0 aromatic carbocycles. The third-order valence-corrected chi connectivity index (χ3v) is 9.37. The second kappa shape index (κ2) is 5.50. The smallest absolute Gasteiger partial charge is 0.0264 e. The lowest BCUT2D eigenvalue weighted by molar-refractivity contribution is -0.0800. The zero-order valence-electron chi connectivity index (χ0n) is 16.4. The average molecular weight is 317 g/mol. The monoisotopic (exact) mass is 316 g/mol. The molecule has 0 heterocycles. The van der Waals surface area contributed by atoms with Crippen molar-refractivity contribution in [2.24, 2.45) is 52.3 Å². The minimum absolute atomic E-state index is 0.632. The van der Waals surface area contributed by atoms with Crippen molar-refractivity contribution in [2.75, 3.05) is 0 Å². The van der Waals surface area contributed by atoms with Gasteiger partial charge in [0, 0.05) is 0 Å². The van der Waals surface area contributed by atoms with Crippen molar-refractivity contribution in [3.05, 3.63) is 0 Å².